The molecule has 0 saturated carbocycles. The molecule has 0 spiro atoms. The molecule has 1 aromatic rings. The zero-order valence-corrected chi connectivity index (χ0v) is 10.5. The molecule has 0 bridgehead atoms. The number of aryl methyl sites for hydroxylation is 1. The van der Waals surface area contributed by atoms with Crippen LogP contribution in [0.4, 0.5) is 5.69 Å². The molecule has 0 amide bonds. The van der Waals surface area contributed by atoms with Crippen LogP contribution < -0.4 is 4.90 Å². The summed E-state index contributed by atoms with van der Waals surface area (Å²) >= 11 is 0. The van der Waals surface area contributed by atoms with Crippen LogP contribution in [-0.2, 0) is 4.74 Å². The van der Waals surface area contributed by atoms with Crippen LogP contribution in [0.1, 0.15) is 22.3 Å². The van der Waals surface area contributed by atoms with Gasteiger partial charge in [0.05, 0.1) is 6.61 Å². The molecule has 0 aliphatic carbocycles. The SMILES string of the molecule is COCC1CCN(c2ccc(C=O)c(C)c2)C1. The number of carbonyl (C=O) groups is 1. The van der Waals surface area contributed by atoms with Crippen molar-refractivity contribution in [3.8, 4) is 0 Å². The summed E-state index contributed by atoms with van der Waals surface area (Å²) in [5, 5.41) is 0. The molecule has 17 heavy (non-hydrogen) atoms. The predicted octanol–water partition coefficient (Wildman–Crippen LogP) is 2.28. The van der Waals surface area contributed by atoms with Gasteiger partial charge < -0.3 is 9.64 Å². The van der Waals surface area contributed by atoms with E-state index in [-0.39, 0.29) is 0 Å². The van der Waals surface area contributed by atoms with Crippen molar-refractivity contribution in [3.05, 3.63) is 29.3 Å². The van der Waals surface area contributed by atoms with E-state index in [1.54, 1.807) is 7.11 Å². The number of rotatable bonds is 4. The molecule has 3 nitrogen and oxygen atoms in total. The first kappa shape index (κ1) is 12.1. The fourth-order valence-electron chi connectivity index (χ4n) is 2.43. The maximum Gasteiger partial charge on any atom is 0.150 e. The number of hydrogen-bond acceptors (Lipinski definition) is 3. The van der Waals surface area contributed by atoms with Crippen molar-refractivity contribution in [1.29, 1.82) is 0 Å². The third-order valence-corrected chi connectivity index (χ3v) is 3.43. The van der Waals surface area contributed by atoms with Crippen LogP contribution in [0, 0.1) is 12.8 Å². The second kappa shape index (κ2) is 5.32. The van der Waals surface area contributed by atoms with Crippen LogP contribution in [0.15, 0.2) is 18.2 Å². The van der Waals surface area contributed by atoms with Crippen molar-refractivity contribution in [2.45, 2.75) is 13.3 Å². The Morgan fingerprint density at radius 3 is 3.00 bits per heavy atom. The molecule has 0 aromatic heterocycles. The van der Waals surface area contributed by atoms with Gasteiger partial charge in [-0.05, 0) is 37.1 Å². The Morgan fingerprint density at radius 2 is 2.35 bits per heavy atom. The summed E-state index contributed by atoms with van der Waals surface area (Å²) in [6.45, 7) is 4.94. The molecule has 1 saturated heterocycles. The molecule has 1 aromatic carbocycles. The zero-order valence-electron chi connectivity index (χ0n) is 10.5. The lowest BCUT2D eigenvalue weighted by Crippen LogP contribution is -2.21. The van der Waals surface area contributed by atoms with Crippen molar-refractivity contribution in [2.75, 3.05) is 31.7 Å². The van der Waals surface area contributed by atoms with E-state index < -0.39 is 0 Å². The lowest BCUT2D eigenvalue weighted by atomic mass is 10.1. The number of nitrogens with zero attached hydrogens (tertiary/aromatic N) is 1. The minimum Gasteiger partial charge on any atom is -0.384 e. The van der Waals surface area contributed by atoms with Crippen LogP contribution in [-0.4, -0.2) is 33.1 Å². The highest BCUT2D eigenvalue weighted by atomic mass is 16.5. The molecule has 1 aliphatic rings. The fourth-order valence-corrected chi connectivity index (χ4v) is 2.43. The number of benzene rings is 1. The van der Waals surface area contributed by atoms with Crippen LogP contribution in [0.2, 0.25) is 0 Å². The van der Waals surface area contributed by atoms with Gasteiger partial charge in [-0.15, -0.1) is 0 Å². The lowest BCUT2D eigenvalue weighted by Gasteiger charge is -2.19. The molecule has 1 unspecified atom stereocenters. The maximum atomic E-state index is 10.8. The number of methoxy groups -OCH3 is 1. The minimum atomic E-state index is 0.631. The Balaban J connectivity index is 2.08. The second-order valence-electron chi connectivity index (χ2n) is 4.71. The Bertz CT molecular complexity index is 403. The number of aldehydes is 1. The molecule has 1 atom stereocenters. The van der Waals surface area contributed by atoms with E-state index in [2.05, 4.69) is 11.0 Å². The smallest absolute Gasteiger partial charge is 0.150 e. The molecule has 0 N–H and O–H groups in total. The van der Waals surface area contributed by atoms with Gasteiger partial charge in [0.15, 0.2) is 0 Å². The van der Waals surface area contributed by atoms with Crippen molar-refractivity contribution < 1.29 is 9.53 Å². The maximum absolute atomic E-state index is 10.8. The Labute approximate surface area is 102 Å². The first-order valence-corrected chi connectivity index (χ1v) is 6.04. The van der Waals surface area contributed by atoms with Crippen molar-refractivity contribution >= 4 is 12.0 Å². The summed E-state index contributed by atoms with van der Waals surface area (Å²) in [6, 6.07) is 6.03. The van der Waals surface area contributed by atoms with E-state index in [0.717, 1.165) is 37.1 Å². The molecular weight excluding hydrogens is 214 g/mol. The Hall–Kier alpha value is -1.35. The highest BCUT2D eigenvalue weighted by Gasteiger charge is 2.22. The normalized spacial score (nSPS) is 19.6. The van der Waals surface area contributed by atoms with Gasteiger partial charge in [0.2, 0.25) is 0 Å². The van der Waals surface area contributed by atoms with Gasteiger partial charge in [0, 0.05) is 37.4 Å². The summed E-state index contributed by atoms with van der Waals surface area (Å²) in [5.41, 5.74) is 3.04. The molecule has 1 heterocycles. The van der Waals surface area contributed by atoms with Crippen LogP contribution >= 0.6 is 0 Å². The quantitative estimate of drug-likeness (QED) is 0.747. The first-order chi connectivity index (χ1) is 8.24. The Kier molecular flexibility index (Phi) is 3.79. The van der Waals surface area contributed by atoms with E-state index in [9.17, 15) is 4.79 Å². The van der Waals surface area contributed by atoms with Crippen LogP contribution in [0.25, 0.3) is 0 Å². The molecular formula is C14H19NO2. The number of ether oxygens (including phenoxy) is 1. The standard InChI is InChI=1S/C14H19NO2/c1-11-7-14(4-3-13(11)9-16)15-6-5-12(8-15)10-17-2/h3-4,7,9,12H,5-6,8,10H2,1-2H3. The second-order valence-corrected chi connectivity index (χ2v) is 4.71. The molecule has 1 fully saturated rings. The largest absolute Gasteiger partial charge is 0.384 e. The van der Waals surface area contributed by atoms with Gasteiger partial charge in [-0.1, -0.05) is 0 Å². The highest BCUT2D eigenvalue weighted by molar-refractivity contribution is 5.78. The third kappa shape index (κ3) is 2.67. The van der Waals surface area contributed by atoms with Gasteiger partial charge in [-0.2, -0.15) is 0 Å². The van der Waals surface area contributed by atoms with E-state index in [0.29, 0.717) is 5.92 Å². The molecule has 2 rings (SSSR count). The summed E-state index contributed by atoms with van der Waals surface area (Å²) in [5.74, 6) is 0.631. The predicted molar refractivity (Wildman–Crippen MR) is 68.8 cm³/mol. The van der Waals surface area contributed by atoms with Crippen molar-refractivity contribution in [3.63, 3.8) is 0 Å². The molecule has 3 heteroatoms. The first-order valence-electron chi connectivity index (χ1n) is 6.04. The van der Waals surface area contributed by atoms with Gasteiger partial charge in [0.1, 0.15) is 6.29 Å². The molecule has 92 valence electrons. The molecule has 0 radical (unpaired) electrons. The van der Waals surface area contributed by atoms with Gasteiger partial charge in [-0.25, -0.2) is 0 Å². The average Bonchev–Trinajstić information content (AvgIpc) is 2.78. The fraction of sp³-hybridized carbons (Fsp3) is 0.500. The van der Waals surface area contributed by atoms with E-state index in [1.807, 2.05) is 19.1 Å². The van der Waals surface area contributed by atoms with E-state index in [4.69, 9.17) is 4.74 Å². The average molecular weight is 233 g/mol. The summed E-state index contributed by atoms with van der Waals surface area (Å²) in [7, 11) is 1.76. The molecule has 1 aliphatic heterocycles. The van der Waals surface area contributed by atoms with Gasteiger partial charge in [-0.3, -0.25) is 4.79 Å². The summed E-state index contributed by atoms with van der Waals surface area (Å²) in [4.78, 5) is 13.1. The number of hydrogen-bond donors (Lipinski definition) is 0. The minimum absolute atomic E-state index is 0.631. The van der Waals surface area contributed by atoms with Crippen LogP contribution in [0.5, 0.6) is 0 Å². The zero-order chi connectivity index (χ0) is 12.3. The monoisotopic (exact) mass is 233 g/mol. The Morgan fingerprint density at radius 1 is 1.53 bits per heavy atom. The number of carbonyl (C=O) groups excluding carboxylic acids is 1. The van der Waals surface area contributed by atoms with Gasteiger partial charge >= 0.3 is 0 Å². The van der Waals surface area contributed by atoms with E-state index >= 15 is 0 Å². The highest BCUT2D eigenvalue weighted by Crippen LogP contribution is 2.25. The lowest BCUT2D eigenvalue weighted by molar-refractivity contribution is 0.112. The summed E-state index contributed by atoms with van der Waals surface area (Å²) in [6.07, 6.45) is 2.10. The number of anilines is 1. The van der Waals surface area contributed by atoms with Crippen molar-refractivity contribution in [2.24, 2.45) is 5.92 Å². The third-order valence-electron chi connectivity index (χ3n) is 3.43. The van der Waals surface area contributed by atoms with E-state index in [1.165, 1.54) is 12.1 Å². The topological polar surface area (TPSA) is 29.5 Å². The summed E-state index contributed by atoms with van der Waals surface area (Å²) < 4.78 is 5.20. The van der Waals surface area contributed by atoms with Gasteiger partial charge in [0.25, 0.3) is 0 Å². The van der Waals surface area contributed by atoms with Crippen molar-refractivity contribution in [1.82, 2.24) is 0 Å². The van der Waals surface area contributed by atoms with Crippen LogP contribution in [0.3, 0.4) is 0 Å².